The van der Waals surface area contributed by atoms with E-state index in [-0.39, 0.29) is 11.7 Å². The smallest absolute Gasteiger partial charge is 0.221 e. The van der Waals surface area contributed by atoms with Gasteiger partial charge in [0, 0.05) is 30.6 Å². The quantitative estimate of drug-likeness (QED) is 0.797. The van der Waals surface area contributed by atoms with Crippen molar-refractivity contribution in [1.82, 2.24) is 10.2 Å². The molecule has 1 amide bonds. The maximum Gasteiger partial charge on any atom is 0.221 e. The summed E-state index contributed by atoms with van der Waals surface area (Å²) in [5, 5.41) is 3.16. The zero-order valence-electron chi connectivity index (χ0n) is 10.6. The van der Waals surface area contributed by atoms with Crippen molar-refractivity contribution in [3.05, 3.63) is 34.9 Å². The highest BCUT2D eigenvalue weighted by Gasteiger charge is 2.10. The summed E-state index contributed by atoms with van der Waals surface area (Å²) in [6, 6.07) is 6.80. The molecule has 0 heterocycles. The van der Waals surface area contributed by atoms with Gasteiger partial charge in [-0.25, -0.2) is 0 Å². The van der Waals surface area contributed by atoms with Crippen LogP contribution in [-0.2, 0) is 4.79 Å². The van der Waals surface area contributed by atoms with Gasteiger partial charge in [-0.2, -0.15) is 0 Å². The van der Waals surface area contributed by atoms with Crippen molar-refractivity contribution in [2.45, 2.75) is 6.42 Å². The van der Waals surface area contributed by atoms with Crippen molar-refractivity contribution in [3.63, 3.8) is 0 Å². The van der Waals surface area contributed by atoms with Crippen LogP contribution in [0.5, 0.6) is 0 Å². The van der Waals surface area contributed by atoms with Gasteiger partial charge in [-0.15, -0.1) is 0 Å². The molecule has 0 saturated heterocycles. The minimum absolute atomic E-state index is 0.0195. The summed E-state index contributed by atoms with van der Waals surface area (Å²) in [7, 11) is 3.41. The highest BCUT2D eigenvalue weighted by molar-refractivity contribution is 6.30. The van der Waals surface area contributed by atoms with Crippen molar-refractivity contribution >= 4 is 23.3 Å². The Morgan fingerprint density at radius 2 is 1.89 bits per heavy atom. The van der Waals surface area contributed by atoms with Crippen LogP contribution in [-0.4, -0.2) is 43.8 Å². The van der Waals surface area contributed by atoms with Crippen LogP contribution in [0.1, 0.15) is 16.8 Å². The molecule has 4 nitrogen and oxygen atoms in total. The zero-order valence-corrected chi connectivity index (χ0v) is 11.3. The second-order valence-corrected chi connectivity index (χ2v) is 4.53. The van der Waals surface area contributed by atoms with Gasteiger partial charge in [0.05, 0.1) is 6.54 Å². The van der Waals surface area contributed by atoms with Gasteiger partial charge >= 0.3 is 0 Å². The third-order valence-corrected chi connectivity index (χ3v) is 2.83. The highest BCUT2D eigenvalue weighted by Crippen LogP contribution is 2.10. The fourth-order valence-electron chi connectivity index (χ4n) is 1.47. The minimum atomic E-state index is -0.0270. The van der Waals surface area contributed by atoms with Crippen LogP contribution >= 0.6 is 11.6 Å². The first kappa shape index (κ1) is 14.7. The van der Waals surface area contributed by atoms with E-state index in [1.54, 1.807) is 31.3 Å². The van der Waals surface area contributed by atoms with Gasteiger partial charge in [-0.1, -0.05) is 11.6 Å². The van der Waals surface area contributed by atoms with Crippen LogP contribution in [0, 0.1) is 0 Å². The van der Waals surface area contributed by atoms with Gasteiger partial charge in [0.2, 0.25) is 5.91 Å². The number of ketones is 1. The Bertz CT molecular complexity index is 418. The topological polar surface area (TPSA) is 49.4 Å². The largest absolute Gasteiger partial charge is 0.359 e. The summed E-state index contributed by atoms with van der Waals surface area (Å²) in [5.41, 5.74) is 0.631. The van der Waals surface area contributed by atoms with Gasteiger partial charge in [-0.3, -0.25) is 14.5 Å². The number of nitrogens with one attached hydrogen (secondary N) is 1. The number of carbonyl (C=O) groups is 2. The number of likely N-dealkylation sites (N-methyl/N-ethyl adjacent to an activating group) is 1. The Morgan fingerprint density at radius 3 is 2.44 bits per heavy atom. The second-order valence-electron chi connectivity index (χ2n) is 4.09. The summed E-state index contributed by atoms with van der Waals surface area (Å²) in [5.74, 6) is -0.00753. The first-order valence-electron chi connectivity index (χ1n) is 5.71. The van der Waals surface area contributed by atoms with Crippen LogP contribution in [0.4, 0.5) is 0 Å². The molecule has 0 fully saturated rings. The van der Waals surface area contributed by atoms with E-state index in [0.29, 0.717) is 30.1 Å². The predicted octanol–water partition coefficient (Wildman–Crippen LogP) is 1.59. The third kappa shape index (κ3) is 4.85. The summed E-state index contributed by atoms with van der Waals surface area (Å²) in [4.78, 5) is 24.8. The number of halogens is 1. The normalized spacial score (nSPS) is 10.4. The molecule has 0 aliphatic rings. The molecule has 0 atom stereocenters. The van der Waals surface area contributed by atoms with Crippen LogP contribution in [0.25, 0.3) is 0 Å². The van der Waals surface area contributed by atoms with Crippen LogP contribution in [0.15, 0.2) is 24.3 Å². The number of Topliss-reactive ketones (excluding diaryl/α,β-unsaturated/α-hetero) is 1. The molecule has 0 spiro atoms. The Labute approximate surface area is 112 Å². The molecule has 0 aliphatic heterocycles. The van der Waals surface area contributed by atoms with Gasteiger partial charge in [0.25, 0.3) is 0 Å². The average Bonchev–Trinajstić information content (AvgIpc) is 2.36. The maximum absolute atomic E-state index is 11.9. The van der Waals surface area contributed by atoms with Gasteiger partial charge in [0.15, 0.2) is 5.78 Å². The molecule has 0 radical (unpaired) electrons. The summed E-state index contributed by atoms with van der Waals surface area (Å²) in [6.07, 6.45) is 0.390. The van der Waals surface area contributed by atoms with Crippen molar-refractivity contribution in [1.29, 1.82) is 0 Å². The van der Waals surface area contributed by atoms with Crippen LogP contribution < -0.4 is 5.32 Å². The van der Waals surface area contributed by atoms with Crippen LogP contribution in [0.2, 0.25) is 5.02 Å². The van der Waals surface area contributed by atoms with E-state index in [0.717, 1.165) is 0 Å². The lowest BCUT2D eigenvalue weighted by atomic mass is 10.1. The Morgan fingerprint density at radius 1 is 1.28 bits per heavy atom. The van der Waals surface area contributed by atoms with Crippen molar-refractivity contribution < 1.29 is 9.59 Å². The van der Waals surface area contributed by atoms with Gasteiger partial charge in [-0.05, 0) is 31.3 Å². The number of nitrogens with zero attached hydrogens (tertiary/aromatic N) is 1. The zero-order chi connectivity index (χ0) is 13.5. The molecular weight excluding hydrogens is 252 g/mol. The lowest BCUT2D eigenvalue weighted by Gasteiger charge is -2.15. The molecule has 0 saturated carbocycles. The number of hydrogen-bond donors (Lipinski definition) is 1. The van der Waals surface area contributed by atoms with E-state index in [9.17, 15) is 9.59 Å². The molecule has 1 N–H and O–H groups in total. The minimum Gasteiger partial charge on any atom is -0.359 e. The summed E-state index contributed by atoms with van der Waals surface area (Å²) < 4.78 is 0. The molecular formula is C13H17ClN2O2. The third-order valence-electron chi connectivity index (χ3n) is 2.58. The first-order chi connectivity index (χ1) is 8.52. The van der Waals surface area contributed by atoms with E-state index in [1.807, 2.05) is 11.9 Å². The van der Waals surface area contributed by atoms with E-state index >= 15 is 0 Å². The number of carbonyl (C=O) groups excluding carboxylic acids is 2. The van der Waals surface area contributed by atoms with Gasteiger partial charge in [0.1, 0.15) is 0 Å². The molecule has 18 heavy (non-hydrogen) atoms. The molecule has 5 heteroatoms. The molecule has 1 rings (SSSR count). The maximum atomic E-state index is 11.9. The Kier molecular flexibility index (Phi) is 5.82. The second kappa shape index (κ2) is 7.13. The number of hydrogen-bond acceptors (Lipinski definition) is 3. The summed E-state index contributed by atoms with van der Waals surface area (Å²) >= 11 is 5.76. The monoisotopic (exact) mass is 268 g/mol. The standard InChI is InChI=1S/C13H17ClN2O2/c1-15-13(18)7-8-16(2)9-12(17)10-3-5-11(14)6-4-10/h3-6H,7-9H2,1-2H3,(H,15,18). The average molecular weight is 269 g/mol. The molecule has 0 aliphatic carbocycles. The Hall–Kier alpha value is -1.39. The molecule has 1 aromatic carbocycles. The first-order valence-corrected chi connectivity index (χ1v) is 6.08. The van der Waals surface area contributed by atoms with E-state index < -0.39 is 0 Å². The fourth-order valence-corrected chi connectivity index (χ4v) is 1.59. The SMILES string of the molecule is CNC(=O)CCN(C)CC(=O)c1ccc(Cl)cc1. The van der Waals surface area contributed by atoms with Crippen LogP contribution in [0.3, 0.4) is 0 Å². The van der Waals surface area contributed by atoms with Crippen molar-refractivity contribution in [2.24, 2.45) is 0 Å². The summed E-state index contributed by atoms with van der Waals surface area (Å²) in [6.45, 7) is 0.845. The van der Waals surface area contributed by atoms with E-state index in [2.05, 4.69) is 5.32 Å². The van der Waals surface area contributed by atoms with Gasteiger partial charge < -0.3 is 5.32 Å². The molecule has 0 unspecified atom stereocenters. The van der Waals surface area contributed by atoms with Crippen molar-refractivity contribution in [2.75, 3.05) is 27.2 Å². The lowest BCUT2D eigenvalue weighted by Crippen LogP contribution is -2.30. The highest BCUT2D eigenvalue weighted by atomic mass is 35.5. The molecule has 1 aromatic rings. The van der Waals surface area contributed by atoms with E-state index in [4.69, 9.17) is 11.6 Å². The van der Waals surface area contributed by atoms with Crippen molar-refractivity contribution in [3.8, 4) is 0 Å². The molecule has 98 valence electrons. The Balaban J connectivity index is 2.44. The number of rotatable bonds is 6. The number of benzene rings is 1. The predicted molar refractivity (Wildman–Crippen MR) is 72.0 cm³/mol. The fraction of sp³-hybridized carbons (Fsp3) is 0.385. The molecule has 0 bridgehead atoms. The lowest BCUT2D eigenvalue weighted by molar-refractivity contribution is -0.120. The molecule has 0 aromatic heterocycles. The van der Waals surface area contributed by atoms with E-state index in [1.165, 1.54) is 0 Å². The number of amides is 1.